The second-order valence-electron chi connectivity index (χ2n) is 8.32. The van der Waals surface area contributed by atoms with Gasteiger partial charge in [0, 0.05) is 25.3 Å². The van der Waals surface area contributed by atoms with Gasteiger partial charge in [0.2, 0.25) is 0 Å². The fourth-order valence-corrected chi connectivity index (χ4v) is 3.79. The molecule has 1 atom stereocenters. The van der Waals surface area contributed by atoms with Gasteiger partial charge in [-0.25, -0.2) is 4.57 Å². The quantitative estimate of drug-likeness (QED) is 0.194. The highest BCUT2D eigenvalue weighted by molar-refractivity contribution is 4.83. The monoisotopic (exact) mass is 485 g/mol. The fraction of sp³-hybridized carbons (Fsp3) is 0.808. The van der Waals surface area contributed by atoms with Crippen LogP contribution >= 0.6 is 0 Å². The fourth-order valence-electron chi connectivity index (χ4n) is 3.79. The predicted octanol–water partition coefficient (Wildman–Crippen LogP) is 3.88. The molecule has 4 heteroatoms. The number of ether oxygens (including phenoxy) is 2. The van der Waals surface area contributed by atoms with E-state index in [1.54, 1.807) is 0 Å². The van der Waals surface area contributed by atoms with E-state index < -0.39 is 0 Å². The molecular weight excluding hydrogens is 438 g/mol. The van der Waals surface area contributed by atoms with Crippen molar-refractivity contribution in [2.75, 3.05) is 19.8 Å². The van der Waals surface area contributed by atoms with Crippen LogP contribution in [0.3, 0.4) is 0 Å². The highest BCUT2D eigenvalue weighted by Gasteiger charge is 2.14. The van der Waals surface area contributed by atoms with E-state index in [4.69, 9.17) is 9.47 Å². The maximum Gasteiger partial charge on any atom is 0.176 e. The third-order valence-electron chi connectivity index (χ3n) is 5.54. The van der Waals surface area contributed by atoms with Crippen LogP contribution in [0.25, 0.3) is 0 Å². The molecule has 176 valence electrons. The van der Waals surface area contributed by atoms with Crippen molar-refractivity contribution >= 4 is 0 Å². The summed E-state index contributed by atoms with van der Waals surface area (Å²) in [5.74, 6) is 0. The molecule has 1 heterocycles. The molecule has 1 rings (SSSR count). The average molecular weight is 487 g/mol. The van der Waals surface area contributed by atoms with Crippen LogP contribution in [0.2, 0.25) is 0 Å². The van der Waals surface area contributed by atoms with Crippen LogP contribution in [0.1, 0.15) is 104 Å². The molecule has 0 bridgehead atoms. The van der Waals surface area contributed by atoms with Gasteiger partial charge in [-0.2, -0.15) is 0 Å². The average Bonchev–Trinajstić information content (AvgIpc) is 2.74. The lowest BCUT2D eigenvalue weighted by molar-refractivity contribution is -0.704. The molecule has 0 fully saturated rings. The largest absolute Gasteiger partial charge is 1.00 e. The van der Waals surface area contributed by atoms with Gasteiger partial charge < -0.3 is 26.5 Å². The Bertz CT molecular complexity index is 444. The minimum absolute atomic E-state index is 0. The number of rotatable bonds is 21. The van der Waals surface area contributed by atoms with E-state index >= 15 is 0 Å². The van der Waals surface area contributed by atoms with Crippen molar-refractivity contribution < 1.29 is 31.0 Å². The Labute approximate surface area is 197 Å². The topological polar surface area (TPSA) is 22.3 Å². The third-order valence-corrected chi connectivity index (χ3v) is 5.54. The van der Waals surface area contributed by atoms with E-state index in [0.717, 1.165) is 19.8 Å². The van der Waals surface area contributed by atoms with Gasteiger partial charge in [-0.05, 0) is 13.3 Å². The lowest BCUT2D eigenvalue weighted by Gasteiger charge is -2.14. The van der Waals surface area contributed by atoms with Gasteiger partial charge in [0.25, 0.3) is 0 Å². The second kappa shape index (κ2) is 23.2. The van der Waals surface area contributed by atoms with Crippen LogP contribution in [0.5, 0.6) is 0 Å². The van der Waals surface area contributed by atoms with Crippen LogP contribution in [-0.4, -0.2) is 25.9 Å². The summed E-state index contributed by atoms with van der Waals surface area (Å²) in [6, 6.07) is 6.15. The Morgan fingerprint density at radius 1 is 0.667 bits per heavy atom. The van der Waals surface area contributed by atoms with Gasteiger partial charge in [-0.1, -0.05) is 96.5 Å². The molecule has 0 N–H and O–H groups in total. The molecule has 0 saturated carbocycles. The molecule has 0 aliphatic heterocycles. The van der Waals surface area contributed by atoms with E-state index in [1.807, 2.05) is 6.07 Å². The molecule has 0 aliphatic carbocycles. The molecule has 0 radical (unpaired) electrons. The van der Waals surface area contributed by atoms with Gasteiger partial charge in [0.1, 0.15) is 6.10 Å². The van der Waals surface area contributed by atoms with Crippen molar-refractivity contribution in [1.82, 2.24) is 0 Å². The molecule has 0 spiro atoms. The first-order valence-electron chi connectivity index (χ1n) is 12.5. The van der Waals surface area contributed by atoms with Crippen molar-refractivity contribution in [3.63, 3.8) is 0 Å². The lowest BCUT2D eigenvalue weighted by atomic mass is 10.0. The first kappa shape index (κ1) is 29.5. The van der Waals surface area contributed by atoms with Crippen LogP contribution in [-0.2, 0) is 16.0 Å². The summed E-state index contributed by atoms with van der Waals surface area (Å²) in [7, 11) is 0. The SMILES string of the molecule is CCCCCCCCCCCCCCCCOCC(C[n+]1ccccc1)OCC.[Br-]. The zero-order chi connectivity index (χ0) is 20.8. The van der Waals surface area contributed by atoms with Crippen LogP contribution in [0, 0.1) is 0 Å². The maximum absolute atomic E-state index is 5.89. The number of nitrogens with zero attached hydrogens (tertiary/aromatic N) is 1. The number of hydrogen-bond donors (Lipinski definition) is 0. The molecule has 0 aliphatic rings. The first-order valence-corrected chi connectivity index (χ1v) is 12.5. The van der Waals surface area contributed by atoms with Crippen molar-refractivity contribution in [2.24, 2.45) is 0 Å². The molecular formula is C26H48BrNO2. The molecule has 0 saturated heterocycles. The molecule has 1 aromatic heterocycles. The van der Waals surface area contributed by atoms with Gasteiger partial charge in [0.05, 0.1) is 6.61 Å². The Morgan fingerprint density at radius 3 is 1.67 bits per heavy atom. The summed E-state index contributed by atoms with van der Waals surface area (Å²) in [5, 5.41) is 0. The number of unbranched alkanes of at least 4 members (excludes halogenated alkanes) is 13. The summed E-state index contributed by atoms with van der Waals surface area (Å²) in [5.41, 5.74) is 0. The second-order valence-corrected chi connectivity index (χ2v) is 8.32. The minimum Gasteiger partial charge on any atom is -1.00 e. The predicted molar refractivity (Wildman–Crippen MR) is 123 cm³/mol. The summed E-state index contributed by atoms with van der Waals surface area (Å²) in [6.07, 6.45) is 23.8. The number of aromatic nitrogens is 1. The molecule has 30 heavy (non-hydrogen) atoms. The van der Waals surface area contributed by atoms with Crippen LogP contribution in [0.4, 0.5) is 0 Å². The highest BCUT2D eigenvalue weighted by Crippen LogP contribution is 2.13. The number of hydrogen-bond acceptors (Lipinski definition) is 2. The minimum atomic E-state index is 0. The zero-order valence-electron chi connectivity index (χ0n) is 19.8. The Hall–Kier alpha value is -0.450. The van der Waals surface area contributed by atoms with Crippen LogP contribution < -0.4 is 21.5 Å². The van der Waals surface area contributed by atoms with Crippen LogP contribution in [0.15, 0.2) is 30.6 Å². The Morgan fingerprint density at radius 2 is 1.17 bits per heavy atom. The smallest absolute Gasteiger partial charge is 0.176 e. The summed E-state index contributed by atoms with van der Waals surface area (Å²) >= 11 is 0. The molecule has 0 amide bonds. The Kier molecular flexibility index (Phi) is 22.9. The molecule has 0 aromatic carbocycles. The molecule has 1 unspecified atom stereocenters. The van der Waals surface area contributed by atoms with Crippen molar-refractivity contribution in [3.8, 4) is 0 Å². The first-order chi connectivity index (χ1) is 14.4. The number of pyridine rings is 1. The summed E-state index contributed by atoms with van der Waals surface area (Å²) in [6.45, 7) is 7.48. The summed E-state index contributed by atoms with van der Waals surface area (Å²) < 4.78 is 13.9. The molecule has 3 nitrogen and oxygen atoms in total. The summed E-state index contributed by atoms with van der Waals surface area (Å²) in [4.78, 5) is 0. The van der Waals surface area contributed by atoms with E-state index in [0.29, 0.717) is 6.61 Å². The van der Waals surface area contributed by atoms with Gasteiger partial charge in [0.15, 0.2) is 18.9 Å². The van der Waals surface area contributed by atoms with Gasteiger partial charge >= 0.3 is 0 Å². The highest BCUT2D eigenvalue weighted by atomic mass is 79.9. The van der Waals surface area contributed by atoms with Crippen molar-refractivity contribution in [1.29, 1.82) is 0 Å². The Balaban J connectivity index is 0.00000841. The van der Waals surface area contributed by atoms with E-state index in [2.05, 4.69) is 42.9 Å². The van der Waals surface area contributed by atoms with E-state index in [-0.39, 0.29) is 23.1 Å². The standard InChI is InChI=1S/C26H48NO2.BrH/c1-3-5-6-7-8-9-10-11-12-13-14-15-16-20-23-28-25-26(29-4-2)24-27-21-18-17-19-22-27;/h17-19,21-22,26H,3-16,20,23-25H2,1-2H3;1H/q+1;/p-1. The van der Waals surface area contributed by atoms with E-state index in [1.165, 1.54) is 89.9 Å². The van der Waals surface area contributed by atoms with Crippen molar-refractivity contribution in [3.05, 3.63) is 30.6 Å². The van der Waals surface area contributed by atoms with Gasteiger partial charge in [-0.15, -0.1) is 0 Å². The lowest BCUT2D eigenvalue weighted by Crippen LogP contribution is -3.00. The van der Waals surface area contributed by atoms with Gasteiger partial charge in [-0.3, -0.25) is 0 Å². The zero-order valence-corrected chi connectivity index (χ0v) is 21.4. The third kappa shape index (κ3) is 18.3. The normalized spacial score (nSPS) is 11.9. The maximum atomic E-state index is 5.89. The molecule has 1 aromatic rings. The number of halogens is 1. The van der Waals surface area contributed by atoms with Crippen molar-refractivity contribution in [2.45, 2.75) is 116 Å². The van der Waals surface area contributed by atoms with E-state index in [9.17, 15) is 0 Å².